The van der Waals surface area contributed by atoms with Gasteiger partial charge in [-0.1, -0.05) is 36.8 Å². The zero-order valence-corrected chi connectivity index (χ0v) is 12.9. The number of rotatable bonds is 5. The van der Waals surface area contributed by atoms with E-state index in [0.29, 0.717) is 12.1 Å². The van der Waals surface area contributed by atoms with E-state index in [1.165, 1.54) is 11.6 Å². The number of hydrogen-bond acceptors (Lipinski definition) is 2. The molecule has 2 nitrogen and oxygen atoms in total. The van der Waals surface area contributed by atoms with Crippen LogP contribution in [-0.2, 0) is 6.42 Å². The van der Waals surface area contributed by atoms with Gasteiger partial charge in [-0.25, -0.2) is 4.39 Å². The highest BCUT2D eigenvalue weighted by molar-refractivity contribution is 5.66. The number of hydrogen-bond donors (Lipinski definition) is 1. The Balaban J connectivity index is 2.39. The first-order valence-electron chi connectivity index (χ1n) is 7.36. The Morgan fingerprint density at radius 1 is 1.14 bits per heavy atom. The molecule has 3 heteroatoms. The lowest BCUT2D eigenvalue weighted by Crippen LogP contribution is -2.23. The van der Waals surface area contributed by atoms with Crippen molar-refractivity contribution in [3.05, 3.63) is 59.4 Å². The van der Waals surface area contributed by atoms with Crippen LogP contribution in [0.2, 0.25) is 0 Å². The van der Waals surface area contributed by atoms with Crippen LogP contribution in [0.3, 0.4) is 0 Å². The van der Waals surface area contributed by atoms with E-state index in [1.54, 1.807) is 6.07 Å². The second-order valence-electron chi connectivity index (χ2n) is 5.51. The zero-order valence-electron chi connectivity index (χ0n) is 12.9. The lowest BCUT2D eigenvalue weighted by molar-refractivity contribution is 0.614. The fraction of sp³-hybridized carbons (Fsp3) is 0.333. The van der Waals surface area contributed by atoms with Crippen molar-refractivity contribution in [1.82, 2.24) is 0 Å². The molecule has 0 saturated carbocycles. The Hall–Kier alpha value is -1.87. The van der Waals surface area contributed by atoms with Gasteiger partial charge in [-0.15, -0.1) is 0 Å². The average Bonchev–Trinajstić information content (AvgIpc) is 2.47. The largest absolute Gasteiger partial charge is 0.342 e. The molecule has 0 aromatic heterocycles. The number of benzene rings is 2. The molecule has 21 heavy (non-hydrogen) atoms. The highest BCUT2D eigenvalue weighted by Crippen LogP contribution is 2.30. The average molecular weight is 286 g/mol. The van der Waals surface area contributed by atoms with E-state index in [2.05, 4.69) is 0 Å². The summed E-state index contributed by atoms with van der Waals surface area (Å²) in [6.07, 6.45) is 1.56. The van der Waals surface area contributed by atoms with Crippen LogP contribution in [0.1, 0.15) is 24.5 Å². The van der Waals surface area contributed by atoms with E-state index in [1.807, 2.05) is 56.1 Å². The minimum absolute atomic E-state index is 0.0527. The third-order valence-electron chi connectivity index (χ3n) is 3.83. The number of anilines is 2. The van der Waals surface area contributed by atoms with Gasteiger partial charge in [0, 0.05) is 18.8 Å². The highest BCUT2D eigenvalue weighted by Gasteiger charge is 2.16. The Morgan fingerprint density at radius 3 is 2.43 bits per heavy atom. The van der Waals surface area contributed by atoms with E-state index in [9.17, 15) is 4.39 Å². The summed E-state index contributed by atoms with van der Waals surface area (Å²) in [6.45, 7) is 4.09. The molecule has 0 aliphatic carbocycles. The SMILES string of the molecule is CCC(N)Cc1cccc(F)c1N(C)c1ccc(C)cc1. The zero-order chi connectivity index (χ0) is 15.4. The van der Waals surface area contributed by atoms with Gasteiger partial charge in [0.1, 0.15) is 5.82 Å². The van der Waals surface area contributed by atoms with Crippen LogP contribution in [0.25, 0.3) is 0 Å². The van der Waals surface area contributed by atoms with Gasteiger partial charge in [0.2, 0.25) is 0 Å². The van der Waals surface area contributed by atoms with Crippen molar-refractivity contribution in [3.8, 4) is 0 Å². The topological polar surface area (TPSA) is 29.3 Å². The third kappa shape index (κ3) is 3.61. The van der Waals surface area contributed by atoms with Gasteiger partial charge < -0.3 is 10.6 Å². The summed E-state index contributed by atoms with van der Waals surface area (Å²) >= 11 is 0. The monoisotopic (exact) mass is 286 g/mol. The Morgan fingerprint density at radius 2 is 1.81 bits per heavy atom. The van der Waals surface area contributed by atoms with Crippen molar-refractivity contribution in [2.75, 3.05) is 11.9 Å². The van der Waals surface area contributed by atoms with Gasteiger partial charge in [0.05, 0.1) is 5.69 Å². The van der Waals surface area contributed by atoms with Gasteiger partial charge in [-0.2, -0.15) is 0 Å². The van der Waals surface area contributed by atoms with E-state index >= 15 is 0 Å². The maximum atomic E-state index is 14.3. The minimum Gasteiger partial charge on any atom is -0.342 e. The van der Waals surface area contributed by atoms with E-state index in [4.69, 9.17) is 5.73 Å². The third-order valence-corrected chi connectivity index (χ3v) is 3.83. The Kier molecular flexibility index (Phi) is 4.97. The molecule has 2 aromatic carbocycles. The molecule has 2 aromatic rings. The number of nitrogens with two attached hydrogens (primary N) is 1. The van der Waals surface area contributed by atoms with E-state index < -0.39 is 0 Å². The van der Waals surface area contributed by atoms with Crippen LogP contribution in [0, 0.1) is 12.7 Å². The van der Waals surface area contributed by atoms with Crippen molar-refractivity contribution in [2.45, 2.75) is 32.7 Å². The van der Waals surface area contributed by atoms with E-state index in [0.717, 1.165) is 17.7 Å². The number of aryl methyl sites for hydroxylation is 1. The molecule has 2 N–H and O–H groups in total. The predicted molar refractivity (Wildman–Crippen MR) is 87.6 cm³/mol. The fourth-order valence-electron chi connectivity index (χ4n) is 2.42. The highest BCUT2D eigenvalue weighted by atomic mass is 19.1. The first-order chi connectivity index (χ1) is 10.0. The molecule has 0 heterocycles. The first kappa shape index (κ1) is 15.5. The predicted octanol–water partition coefficient (Wildman–Crippen LogP) is 4.18. The van der Waals surface area contributed by atoms with Gasteiger partial charge in [-0.3, -0.25) is 0 Å². The van der Waals surface area contributed by atoms with Gasteiger partial charge in [-0.05, 0) is 43.5 Å². The molecule has 0 fully saturated rings. The standard InChI is InChI=1S/C18H23FN2/c1-4-15(20)12-14-6-5-7-17(19)18(14)21(3)16-10-8-13(2)9-11-16/h5-11,15H,4,12,20H2,1-3H3. The van der Waals surface area contributed by atoms with Crippen molar-refractivity contribution < 1.29 is 4.39 Å². The number of nitrogens with zero attached hydrogens (tertiary/aromatic N) is 1. The molecular weight excluding hydrogens is 263 g/mol. The lowest BCUT2D eigenvalue weighted by Gasteiger charge is -2.24. The lowest BCUT2D eigenvalue weighted by atomic mass is 10.0. The Labute approximate surface area is 126 Å². The number of para-hydroxylation sites is 1. The molecule has 1 unspecified atom stereocenters. The summed E-state index contributed by atoms with van der Waals surface area (Å²) in [5, 5.41) is 0. The molecule has 0 bridgehead atoms. The molecule has 0 aliphatic rings. The number of halogens is 1. The molecule has 1 atom stereocenters. The van der Waals surface area contributed by atoms with Crippen molar-refractivity contribution >= 4 is 11.4 Å². The molecule has 112 valence electrons. The van der Waals surface area contributed by atoms with Gasteiger partial charge in [0.15, 0.2) is 0 Å². The van der Waals surface area contributed by atoms with E-state index in [-0.39, 0.29) is 11.9 Å². The van der Waals surface area contributed by atoms with Gasteiger partial charge in [0.25, 0.3) is 0 Å². The second kappa shape index (κ2) is 6.72. The van der Waals surface area contributed by atoms with Crippen LogP contribution < -0.4 is 10.6 Å². The summed E-state index contributed by atoms with van der Waals surface area (Å²) in [7, 11) is 1.89. The Bertz CT molecular complexity index is 593. The summed E-state index contributed by atoms with van der Waals surface area (Å²) in [6, 6.07) is 13.3. The smallest absolute Gasteiger partial charge is 0.147 e. The van der Waals surface area contributed by atoms with Crippen LogP contribution >= 0.6 is 0 Å². The molecule has 0 saturated heterocycles. The molecule has 0 radical (unpaired) electrons. The summed E-state index contributed by atoms with van der Waals surface area (Å²) in [4.78, 5) is 1.90. The maximum Gasteiger partial charge on any atom is 0.147 e. The van der Waals surface area contributed by atoms with Gasteiger partial charge >= 0.3 is 0 Å². The molecular formula is C18H23FN2. The summed E-state index contributed by atoms with van der Waals surface area (Å²) < 4.78 is 14.3. The minimum atomic E-state index is -0.209. The normalized spacial score (nSPS) is 12.2. The molecule has 0 aliphatic heterocycles. The second-order valence-corrected chi connectivity index (χ2v) is 5.51. The maximum absolute atomic E-state index is 14.3. The molecule has 0 spiro atoms. The van der Waals surface area contributed by atoms with Crippen LogP contribution in [0.5, 0.6) is 0 Å². The van der Waals surface area contributed by atoms with Crippen LogP contribution in [0.15, 0.2) is 42.5 Å². The van der Waals surface area contributed by atoms with Crippen LogP contribution in [-0.4, -0.2) is 13.1 Å². The van der Waals surface area contributed by atoms with Crippen LogP contribution in [0.4, 0.5) is 15.8 Å². The molecule has 0 amide bonds. The quantitative estimate of drug-likeness (QED) is 0.893. The van der Waals surface area contributed by atoms with Crippen molar-refractivity contribution in [1.29, 1.82) is 0 Å². The van der Waals surface area contributed by atoms with Crippen molar-refractivity contribution in [3.63, 3.8) is 0 Å². The van der Waals surface area contributed by atoms with Crippen molar-refractivity contribution in [2.24, 2.45) is 5.73 Å². The molecule has 2 rings (SSSR count). The summed E-state index contributed by atoms with van der Waals surface area (Å²) in [5.41, 5.74) is 9.77. The summed E-state index contributed by atoms with van der Waals surface area (Å²) in [5.74, 6) is -0.209. The first-order valence-corrected chi connectivity index (χ1v) is 7.36. The fourth-order valence-corrected chi connectivity index (χ4v) is 2.42.